The van der Waals surface area contributed by atoms with Crippen LogP contribution >= 0.6 is 50.7 Å². The second-order valence-electron chi connectivity index (χ2n) is 2.15. The van der Waals surface area contributed by atoms with E-state index in [2.05, 4.69) is 15.9 Å². The van der Waals surface area contributed by atoms with E-state index in [1.807, 2.05) is 0 Å². The van der Waals surface area contributed by atoms with Crippen LogP contribution in [0.2, 0.25) is 0 Å². The summed E-state index contributed by atoms with van der Waals surface area (Å²) in [6.07, 6.45) is 0. The van der Waals surface area contributed by atoms with Gasteiger partial charge in [0.2, 0.25) is 0 Å². The molecular weight excluding hydrogens is 305 g/mol. The standard InChI is InChI=1S/C7H3BrCl3FO/c8-4-1-5(12)3-6(2-4)13-7(9,10)11/h1-3H. The van der Waals surface area contributed by atoms with Crippen molar-refractivity contribution in [3.05, 3.63) is 28.5 Å². The van der Waals surface area contributed by atoms with Gasteiger partial charge in [0.1, 0.15) is 11.6 Å². The highest BCUT2D eigenvalue weighted by Gasteiger charge is 2.22. The predicted octanol–water partition coefficient (Wildman–Crippen LogP) is 4.29. The van der Waals surface area contributed by atoms with Crippen molar-refractivity contribution in [1.29, 1.82) is 0 Å². The minimum Gasteiger partial charge on any atom is -0.445 e. The molecule has 0 aliphatic carbocycles. The zero-order valence-electron chi connectivity index (χ0n) is 6.03. The van der Waals surface area contributed by atoms with Crippen molar-refractivity contribution < 1.29 is 9.13 Å². The summed E-state index contributed by atoms with van der Waals surface area (Å²) in [5.41, 5.74) is 0. The van der Waals surface area contributed by atoms with Gasteiger partial charge in [-0.05, 0) is 46.9 Å². The summed E-state index contributed by atoms with van der Waals surface area (Å²) in [7, 11) is 0. The predicted molar refractivity (Wildman–Crippen MR) is 55.0 cm³/mol. The molecule has 6 heteroatoms. The van der Waals surface area contributed by atoms with Crippen LogP contribution in [0.5, 0.6) is 5.75 Å². The van der Waals surface area contributed by atoms with Crippen LogP contribution in [0.25, 0.3) is 0 Å². The van der Waals surface area contributed by atoms with Crippen LogP contribution in [-0.2, 0) is 0 Å². The Morgan fingerprint density at radius 2 is 1.85 bits per heavy atom. The van der Waals surface area contributed by atoms with Gasteiger partial charge < -0.3 is 4.74 Å². The van der Waals surface area contributed by atoms with Crippen molar-refractivity contribution in [2.75, 3.05) is 0 Å². The second kappa shape index (κ2) is 4.22. The van der Waals surface area contributed by atoms with Crippen molar-refractivity contribution in [1.82, 2.24) is 0 Å². The first-order chi connectivity index (χ1) is 5.87. The fraction of sp³-hybridized carbons (Fsp3) is 0.143. The van der Waals surface area contributed by atoms with E-state index in [0.29, 0.717) is 4.47 Å². The van der Waals surface area contributed by atoms with Gasteiger partial charge in [-0.2, -0.15) is 0 Å². The molecule has 72 valence electrons. The van der Waals surface area contributed by atoms with Crippen molar-refractivity contribution in [2.24, 2.45) is 0 Å². The molecule has 0 aromatic heterocycles. The van der Waals surface area contributed by atoms with Gasteiger partial charge in [-0.1, -0.05) is 15.9 Å². The Morgan fingerprint density at radius 3 is 2.31 bits per heavy atom. The van der Waals surface area contributed by atoms with Crippen LogP contribution in [0, 0.1) is 5.82 Å². The van der Waals surface area contributed by atoms with E-state index in [4.69, 9.17) is 39.5 Å². The minimum absolute atomic E-state index is 0.145. The molecule has 0 N–H and O–H groups in total. The first-order valence-electron chi connectivity index (χ1n) is 3.09. The van der Waals surface area contributed by atoms with E-state index in [1.54, 1.807) is 0 Å². The fourth-order valence-electron chi connectivity index (χ4n) is 0.721. The molecule has 0 radical (unpaired) electrons. The van der Waals surface area contributed by atoms with E-state index in [9.17, 15) is 4.39 Å². The summed E-state index contributed by atoms with van der Waals surface area (Å²) < 4.78 is 16.2. The number of benzene rings is 1. The van der Waals surface area contributed by atoms with Crippen LogP contribution in [0.1, 0.15) is 0 Å². The van der Waals surface area contributed by atoms with Gasteiger partial charge in [-0.15, -0.1) is 0 Å². The van der Waals surface area contributed by atoms with Gasteiger partial charge in [0.25, 0.3) is 0 Å². The number of rotatable bonds is 1. The second-order valence-corrected chi connectivity index (χ2v) is 5.25. The summed E-state index contributed by atoms with van der Waals surface area (Å²) in [6, 6.07) is 3.88. The molecule has 0 bridgehead atoms. The third kappa shape index (κ3) is 4.36. The third-order valence-corrected chi connectivity index (χ3v) is 1.76. The van der Waals surface area contributed by atoms with E-state index in [1.165, 1.54) is 12.1 Å². The highest BCUT2D eigenvalue weighted by molar-refractivity contribution is 9.10. The number of hydrogen-bond acceptors (Lipinski definition) is 1. The largest absolute Gasteiger partial charge is 0.445 e. The lowest BCUT2D eigenvalue weighted by Gasteiger charge is -2.13. The maximum atomic E-state index is 12.8. The van der Waals surface area contributed by atoms with Gasteiger partial charge in [-0.3, -0.25) is 0 Å². The maximum absolute atomic E-state index is 12.8. The number of alkyl halides is 3. The average molecular weight is 308 g/mol. The Kier molecular flexibility index (Phi) is 3.69. The first-order valence-corrected chi connectivity index (χ1v) is 5.01. The highest BCUT2D eigenvalue weighted by atomic mass is 79.9. The SMILES string of the molecule is Fc1cc(Br)cc(OC(Cl)(Cl)Cl)c1. The summed E-state index contributed by atoms with van der Waals surface area (Å²) in [6.45, 7) is 0. The lowest BCUT2D eigenvalue weighted by molar-refractivity contribution is 0.318. The van der Waals surface area contributed by atoms with Gasteiger partial charge in [0, 0.05) is 10.5 Å². The van der Waals surface area contributed by atoms with Crippen molar-refractivity contribution in [2.45, 2.75) is 3.98 Å². The topological polar surface area (TPSA) is 9.23 Å². The molecule has 0 saturated heterocycles. The molecule has 0 spiro atoms. The fourth-order valence-corrected chi connectivity index (χ4v) is 1.43. The van der Waals surface area contributed by atoms with Gasteiger partial charge in [0.05, 0.1) is 0 Å². The normalized spacial score (nSPS) is 11.5. The average Bonchev–Trinajstić information content (AvgIpc) is 1.78. The molecule has 0 heterocycles. The number of ether oxygens (including phenoxy) is 1. The molecule has 0 saturated carbocycles. The minimum atomic E-state index is -1.88. The molecule has 1 aromatic carbocycles. The number of hydrogen-bond donors (Lipinski definition) is 0. The summed E-state index contributed by atoms with van der Waals surface area (Å²) in [5.74, 6) is -0.328. The molecule has 1 aromatic rings. The zero-order valence-corrected chi connectivity index (χ0v) is 9.88. The van der Waals surface area contributed by atoms with Crippen LogP contribution < -0.4 is 4.74 Å². The van der Waals surface area contributed by atoms with Crippen LogP contribution in [0.3, 0.4) is 0 Å². The Bertz CT molecular complexity index is 293. The van der Waals surface area contributed by atoms with Gasteiger partial charge >= 0.3 is 3.98 Å². The summed E-state index contributed by atoms with van der Waals surface area (Å²) in [4.78, 5) is 0. The molecular formula is C7H3BrCl3FO. The Morgan fingerprint density at radius 1 is 1.23 bits per heavy atom. The van der Waals surface area contributed by atoms with E-state index in [-0.39, 0.29) is 5.75 Å². The molecule has 0 unspecified atom stereocenters. The highest BCUT2D eigenvalue weighted by Crippen LogP contribution is 2.31. The third-order valence-electron chi connectivity index (χ3n) is 1.07. The van der Waals surface area contributed by atoms with Gasteiger partial charge in [0.15, 0.2) is 0 Å². The van der Waals surface area contributed by atoms with E-state index >= 15 is 0 Å². The molecule has 0 atom stereocenters. The van der Waals surface area contributed by atoms with E-state index in [0.717, 1.165) is 6.07 Å². The van der Waals surface area contributed by atoms with Crippen molar-refractivity contribution >= 4 is 50.7 Å². The lowest BCUT2D eigenvalue weighted by Crippen LogP contribution is -2.12. The zero-order chi connectivity index (χ0) is 10.1. The number of halogens is 5. The summed E-state index contributed by atoms with van der Waals surface area (Å²) in [5, 5.41) is 0. The van der Waals surface area contributed by atoms with Gasteiger partial charge in [-0.25, -0.2) is 4.39 Å². The molecule has 0 aliphatic heterocycles. The van der Waals surface area contributed by atoms with Crippen LogP contribution in [0.4, 0.5) is 4.39 Å². The van der Waals surface area contributed by atoms with Crippen LogP contribution in [0.15, 0.2) is 22.7 Å². The molecule has 0 amide bonds. The van der Waals surface area contributed by atoms with E-state index < -0.39 is 9.80 Å². The quantitative estimate of drug-likeness (QED) is 0.703. The Hall–Kier alpha value is 0.300. The van der Waals surface area contributed by atoms with Crippen molar-refractivity contribution in [3.8, 4) is 5.75 Å². The molecule has 1 rings (SSSR count). The Balaban J connectivity index is 2.90. The van der Waals surface area contributed by atoms with Crippen LogP contribution in [-0.4, -0.2) is 3.98 Å². The van der Waals surface area contributed by atoms with Crippen molar-refractivity contribution in [3.63, 3.8) is 0 Å². The maximum Gasteiger partial charge on any atom is 0.338 e. The lowest BCUT2D eigenvalue weighted by atomic mass is 10.3. The molecule has 0 fully saturated rings. The smallest absolute Gasteiger partial charge is 0.338 e. The monoisotopic (exact) mass is 306 g/mol. The Labute approximate surface area is 97.9 Å². The molecule has 1 nitrogen and oxygen atoms in total. The molecule has 0 aliphatic rings. The summed E-state index contributed by atoms with van der Waals surface area (Å²) >= 11 is 19.1. The molecule has 13 heavy (non-hydrogen) atoms. The first kappa shape index (κ1) is 11.4.